The minimum atomic E-state index is 1.07. The molecule has 1 aliphatic rings. The third kappa shape index (κ3) is 2.76. The molecule has 2 heteroatoms. The van der Waals surface area contributed by atoms with Crippen molar-refractivity contribution < 1.29 is 0 Å². The van der Waals surface area contributed by atoms with E-state index in [0.29, 0.717) is 0 Å². The Kier molecular flexibility index (Phi) is 3.97. The van der Waals surface area contributed by atoms with Crippen molar-refractivity contribution >= 4 is 5.57 Å². The van der Waals surface area contributed by atoms with Gasteiger partial charge >= 0.3 is 0 Å². The summed E-state index contributed by atoms with van der Waals surface area (Å²) in [5.74, 6) is 0. The molecule has 90 valence electrons. The molecule has 0 aromatic carbocycles. The van der Waals surface area contributed by atoms with Crippen molar-refractivity contribution in [1.29, 1.82) is 0 Å². The number of aromatic nitrogens is 1. The van der Waals surface area contributed by atoms with E-state index in [0.717, 1.165) is 25.9 Å². The number of likely N-dealkylation sites (N-methyl/N-ethyl adjacent to an activating group) is 1. The van der Waals surface area contributed by atoms with Gasteiger partial charge in [0.05, 0.1) is 0 Å². The van der Waals surface area contributed by atoms with Gasteiger partial charge in [0.2, 0.25) is 0 Å². The molecule has 0 bridgehead atoms. The SMILES string of the molecule is CCN(CC)C1=CCCC(c2cccnc2)=C1. The van der Waals surface area contributed by atoms with Gasteiger partial charge in [-0.05, 0) is 50.0 Å². The summed E-state index contributed by atoms with van der Waals surface area (Å²) in [4.78, 5) is 6.59. The number of hydrogen-bond acceptors (Lipinski definition) is 2. The average molecular weight is 228 g/mol. The Morgan fingerprint density at radius 2 is 2.12 bits per heavy atom. The lowest BCUT2D eigenvalue weighted by Crippen LogP contribution is -2.22. The van der Waals surface area contributed by atoms with Gasteiger partial charge in [0, 0.05) is 31.2 Å². The fourth-order valence-electron chi connectivity index (χ4n) is 2.27. The van der Waals surface area contributed by atoms with Gasteiger partial charge in [0.1, 0.15) is 0 Å². The van der Waals surface area contributed by atoms with Crippen LogP contribution < -0.4 is 0 Å². The molecular formula is C15H20N2. The van der Waals surface area contributed by atoms with E-state index in [1.54, 1.807) is 0 Å². The van der Waals surface area contributed by atoms with Crippen LogP contribution in [0.4, 0.5) is 0 Å². The van der Waals surface area contributed by atoms with E-state index in [1.165, 1.54) is 16.8 Å². The molecule has 1 heterocycles. The van der Waals surface area contributed by atoms with E-state index in [-0.39, 0.29) is 0 Å². The van der Waals surface area contributed by atoms with E-state index in [1.807, 2.05) is 18.5 Å². The highest BCUT2D eigenvalue weighted by Gasteiger charge is 2.10. The zero-order chi connectivity index (χ0) is 12.1. The van der Waals surface area contributed by atoms with Crippen molar-refractivity contribution in [3.8, 4) is 0 Å². The molecule has 0 N–H and O–H groups in total. The van der Waals surface area contributed by atoms with Crippen molar-refractivity contribution in [3.05, 3.63) is 47.9 Å². The average Bonchev–Trinajstić information content (AvgIpc) is 2.42. The maximum Gasteiger partial charge on any atom is 0.0343 e. The Hall–Kier alpha value is -1.57. The van der Waals surface area contributed by atoms with Gasteiger partial charge in [-0.15, -0.1) is 0 Å². The lowest BCUT2D eigenvalue weighted by atomic mass is 9.97. The maximum absolute atomic E-state index is 4.20. The Balaban J connectivity index is 2.23. The third-order valence-electron chi connectivity index (χ3n) is 3.25. The molecular weight excluding hydrogens is 208 g/mol. The normalized spacial score (nSPS) is 15.2. The van der Waals surface area contributed by atoms with Crippen LogP contribution in [0.15, 0.2) is 42.4 Å². The Morgan fingerprint density at radius 3 is 2.76 bits per heavy atom. The number of nitrogens with zero attached hydrogens (tertiary/aromatic N) is 2. The van der Waals surface area contributed by atoms with Crippen LogP contribution in [0.5, 0.6) is 0 Å². The first-order valence-corrected chi connectivity index (χ1v) is 6.41. The Labute approximate surface area is 104 Å². The topological polar surface area (TPSA) is 16.1 Å². The van der Waals surface area contributed by atoms with Crippen molar-refractivity contribution in [2.24, 2.45) is 0 Å². The molecule has 2 nitrogen and oxygen atoms in total. The lowest BCUT2D eigenvalue weighted by molar-refractivity contribution is 0.392. The fourth-order valence-corrected chi connectivity index (χ4v) is 2.27. The number of allylic oxidation sites excluding steroid dienone is 3. The second-order valence-corrected chi connectivity index (χ2v) is 4.25. The lowest BCUT2D eigenvalue weighted by Gasteiger charge is -2.25. The molecule has 0 fully saturated rings. The van der Waals surface area contributed by atoms with Crippen molar-refractivity contribution in [2.75, 3.05) is 13.1 Å². The highest BCUT2D eigenvalue weighted by Crippen LogP contribution is 2.27. The fraction of sp³-hybridized carbons (Fsp3) is 0.400. The number of rotatable bonds is 4. The predicted molar refractivity (Wildman–Crippen MR) is 72.5 cm³/mol. The summed E-state index contributed by atoms with van der Waals surface area (Å²) < 4.78 is 0. The van der Waals surface area contributed by atoms with Gasteiger partial charge in [0.15, 0.2) is 0 Å². The highest BCUT2D eigenvalue weighted by molar-refractivity contribution is 5.68. The quantitative estimate of drug-likeness (QED) is 0.784. The van der Waals surface area contributed by atoms with E-state index in [2.05, 4.69) is 41.9 Å². The summed E-state index contributed by atoms with van der Waals surface area (Å²) in [6.07, 6.45) is 10.7. The first-order valence-electron chi connectivity index (χ1n) is 6.41. The first kappa shape index (κ1) is 11.9. The van der Waals surface area contributed by atoms with Gasteiger partial charge in [-0.25, -0.2) is 0 Å². The van der Waals surface area contributed by atoms with Crippen LogP contribution in [-0.2, 0) is 0 Å². The molecule has 0 saturated carbocycles. The van der Waals surface area contributed by atoms with Crippen LogP contribution in [0, 0.1) is 0 Å². The van der Waals surface area contributed by atoms with Crippen LogP contribution >= 0.6 is 0 Å². The van der Waals surface area contributed by atoms with E-state index < -0.39 is 0 Å². The van der Waals surface area contributed by atoms with Crippen LogP contribution in [0.25, 0.3) is 5.57 Å². The molecule has 17 heavy (non-hydrogen) atoms. The second kappa shape index (κ2) is 5.67. The minimum Gasteiger partial charge on any atom is -0.372 e. The maximum atomic E-state index is 4.20. The van der Waals surface area contributed by atoms with Gasteiger partial charge < -0.3 is 4.90 Å². The van der Waals surface area contributed by atoms with Crippen molar-refractivity contribution in [1.82, 2.24) is 9.88 Å². The minimum absolute atomic E-state index is 1.07. The van der Waals surface area contributed by atoms with Crippen LogP contribution in [-0.4, -0.2) is 23.0 Å². The van der Waals surface area contributed by atoms with Gasteiger partial charge in [-0.2, -0.15) is 0 Å². The molecule has 1 aromatic rings. The monoisotopic (exact) mass is 228 g/mol. The molecule has 1 aliphatic carbocycles. The number of hydrogen-bond donors (Lipinski definition) is 0. The molecule has 2 rings (SSSR count). The summed E-state index contributed by atoms with van der Waals surface area (Å²) in [6, 6.07) is 4.15. The third-order valence-corrected chi connectivity index (χ3v) is 3.25. The van der Waals surface area contributed by atoms with Crippen LogP contribution in [0.2, 0.25) is 0 Å². The van der Waals surface area contributed by atoms with Crippen molar-refractivity contribution in [2.45, 2.75) is 26.7 Å². The summed E-state index contributed by atoms with van der Waals surface area (Å²) in [5.41, 5.74) is 4.02. The Morgan fingerprint density at radius 1 is 1.29 bits per heavy atom. The number of pyridine rings is 1. The molecule has 0 unspecified atom stereocenters. The van der Waals surface area contributed by atoms with Crippen LogP contribution in [0.1, 0.15) is 32.3 Å². The largest absolute Gasteiger partial charge is 0.372 e. The molecule has 0 saturated heterocycles. The summed E-state index contributed by atoms with van der Waals surface area (Å²) in [5, 5.41) is 0. The summed E-state index contributed by atoms with van der Waals surface area (Å²) in [7, 11) is 0. The van der Waals surface area contributed by atoms with E-state index >= 15 is 0 Å². The zero-order valence-electron chi connectivity index (χ0n) is 10.7. The van der Waals surface area contributed by atoms with E-state index in [4.69, 9.17) is 0 Å². The Bertz CT molecular complexity index is 414. The predicted octanol–water partition coefficient (Wildman–Crippen LogP) is 3.48. The summed E-state index contributed by atoms with van der Waals surface area (Å²) in [6.45, 7) is 6.55. The van der Waals surface area contributed by atoms with Crippen LogP contribution in [0.3, 0.4) is 0 Å². The smallest absolute Gasteiger partial charge is 0.0343 e. The van der Waals surface area contributed by atoms with Gasteiger partial charge in [0.25, 0.3) is 0 Å². The second-order valence-electron chi connectivity index (χ2n) is 4.25. The molecule has 0 aliphatic heterocycles. The molecule has 0 atom stereocenters. The first-order chi connectivity index (χ1) is 8.35. The van der Waals surface area contributed by atoms with E-state index in [9.17, 15) is 0 Å². The molecule has 0 amide bonds. The zero-order valence-corrected chi connectivity index (χ0v) is 10.7. The summed E-state index contributed by atoms with van der Waals surface area (Å²) >= 11 is 0. The van der Waals surface area contributed by atoms with Gasteiger partial charge in [-0.1, -0.05) is 12.1 Å². The highest BCUT2D eigenvalue weighted by atomic mass is 15.1. The standard InChI is InChI=1S/C15H20N2/c1-3-17(4-2)15-9-5-7-13(11-15)14-8-6-10-16-12-14/h6,8-12H,3-5,7H2,1-2H3. The van der Waals surface area contributed by atoms with Crippen molar-refractivity contribution in [3.63, 3.8) is 0 Å². The van der Waals surface area contributed by atoms with Gasteiger partial charge in [-0.3, -0.25) is 4.98 Å². The molecule has 1 aromatic heterocycles. The molecule has 0 spiro atoms. The molecule has 0 radical (unpaired) electrons.